The number of imidazole rings is 1. The van der Waals surface area contributed by atoms with Gasteiger partial charge in [-0.05, 0) is 25.5 Å². The average Bonchev–Trinajstić information content (AvgIpc) is 2.82. The molecule has 1 unspecified atom stereocenters. The minimum atomic E-state index is -0.100. The highest BCUT2D eigenvalue weighted by molar-refractivity contribution is 6.20. The molecule has 1 atom stereocenters. The van der Waals surface area contributed by atoms with Crippen molar-refractivity contribution in [1.82, 2.24) is 9.55 Å². The second kappa shape index (κ2) is 7.62. The summed E-state index contributed by atoms with van der Waals surface area (Å²) in [6.07, 6.45) is 0.931. The van der Waals surface area contributed by atoms with Gasteiger partial charge in [0.05, 0.1) is 29.6 Å². The highest BCUT2D eigenvalue weighted by Gasteiger charge is 2.13. The number of ether oxygens (including phenoxy) is 2. The van der Waals surface area contributed by atoms with Gasteiger partial charge in [0.2, 0.25) is 0 Å². The number of aryl methyl sites for hydroxylation is 1. The van der Waals surface area contributed by atoms with Gasteiger partial charge in [0.15, 0.2) is 0 Å². The van der Waals surface area contributed by atoms with Crippen LogP contribution in [-0.4, -0.2) is 36.5 Å². The molecule has 0 radical (unpaired) electrons. The van der Waals surface area contributed by atoms with Gasteiger partial charge in [-0.15, -0.1) is 11.6 Å². The summed E-state index contributed by atoms with van der Waals surface area (Å²) in [6, 6.07) is 8.12. The molecule has 0 saturated carbocycles. The van der Waals surface area contributed by atoms with E-state index in [1.54, 1.807) is 7.11 Å². The number of hydrogen-bond donors (Lipinski definition) is 0. The third kappa shape index (κ3) is 3.72. The van der Waals surface area contributed by atoms with E-state index in [0.717, 1.165) is 29.8 Å². The molecule has 5 heteroatoms. The lowest BCUT2D eigenvalue weighted by Crippen LogP contribution is -2.09. The molecule has 1 aromatic carbocycles. The van der Waals surface area contributed by atoms with E-state index in [2.05, 4.69) is 15.6 Å². The maximum atomic E-state index is 6.23. The lowest BCUT2D eigenvalue weighted by molar-refractivity contribution is 0.0680. The SMILES string of the molecule is COCCOCCCn1c(C(C)Cl)nc2ccccc21. The first-order chi connectivity index (χ1) is 9.74. The second-order valence-corrected chi connectivity index (χ2v) is 5.34. The standard InChI is InChI=1S/C15H21ClN2O2/c1-12(16)15-17-13-6-3-4-7-14(13)18(15)8-5-9-20-11-10-19-2/h3-4,6-7,12H,5,8-11H2,1-2H3. The summed E-state index contributed by atoms with van der Waals surface area (Å²) in [7, 11) is 1.68. The smallest absolute Gasteiger partial charge is 0.127 e. The minimum Gasteiger partial charge on any atom is -0.382 e. The van der Waals surface area contributed by atoms with Crippen molar-refractivity contribution in [2.45, 2.75) is 25.3 Å². The van der Waals surface area contributed by atoms with Gasteiger partial charge in [0, 0.05) is 20.3 Å². The van der Waals surface area contributed by atoms with Crippen molar-refractivity contribution in [2.24, 2.45) is 0 Å². The molecule has 0 aliphatic heterocycles. The van der Waals surface area contributed by atoms with Crippen molar-refractivity contribution in [3.05, 3.63) is 30.1 Å². The first-order valence-electron chi connectivity index (χ1n) is 6.90. The predicted molar refractivity (Wildman–Crippen MR) is 81.3 cm³/mol. The van der Waals surface area contributed by atoms with Crippen LogP contribution in [0, 0.1) is 0 Å². The summed E-state index contributed by atoms with van der Waals surface area (Å²) in [5.74, 6) is 0.921. The van der Waals surface area contributed by atoms with Crippen molar-refractivity contribution in [2.75, 3.05) is 26.9 Å². The Kier molecular flexibility index (Phi) is 5.83. The zero-order chi connectivity index (χ0) is 14.4. The highest BCUT2D eigenvalue weighted by Crippen LogP contribution is 2.24. The van der Waals surface area contributed by atoms with Crippen LogP contribution in [0.2, 0.25) is 0 Å². The molecule has 20 heavy (non-hydrogen) atoms. The Morgan fingerprint density at radius 1 is 1.25 bits per heavy atom. The van der Waals surface area contributed by atoms with Gasteiger partial charge in [-0.1, -0.05) is 12.1 Å². The van der Waals surface area contributed by atoms with Gasteiger partial charge >= 0.3 is 0 Å². The van der Waals surface area contributed by atoms with E-state index in [9.17, 15) is 0 Å². The van der Waals surface area contributed by atoms with E-state index in [4.69, 9.17) is 21.1 Å². The first kappa shape index (κ1) is 15.3. The zero-order valence-electron chi connectivity index (χ0n) is 12.0. The summed E-state index contributed by atoms with van der Waals surface area (Å²) in [5, 5.41) is -0.100. The monoisotopic (exact) mass is 296 g/mol. The van der Waals surface area contributed by atoms with Crippen molar-refractivity contribution >= 4 is 22.6 Å². The van der Waals surface area contributed by atoms with Crippen LogP contribution in [0.15, 0.2) is 24.3 Å². The summed E-state index contributed by atoms with van der Waals surface area (Å²) in [4.78, 5) is 4.61. The number of rotatable bonds is 8. The van der Waals surface area contributed by atoms with Gasteiger partial charge in [-0.2, -0.15) is 0 Å². The maximum Gasteiger partial charge on any atom is 0.127 e. The van der Waals surface area contributed by atoms with Gasteiger partial charge < -0.3 is 14.0 Å². The number of halogens is 1. The molecule has 0 aliphatic rings. The number of alkyl halides is 1. The fourth-order valence-electron chi connectivity index (χ4n) is 2.20. The topological polar surface area (TPSA) is 36.3 Å². The van der Waals surface area contributed by atoms with Crippen LogP contribution in [0.1, 0.15) is 24.5 Å². The number of aromatic nitrogens is 2. The number of benzene rings is 1. The largest absolute Gasteiger partial charge is 0.382 e. The molecule has 0 N–H and O–H groups in total. The summed E-state index contributed by atoms with van der Waals surface area (Å²) in [5.41, 5.74) is 2.13. The molecule has 1 heterocycles. The van der Waals surface area contributed by atoms with Crippen LogP contribution in [0.3, 0.4) is 0 Å². The molecule has 1 aromatic heterocycles. The highest BCUT2D eigenvalue weighted by atomic mass is 35.5. The summed E-state index contributed by atoms with van der Waals surface area (Å²) >= 11 is 6.23. The molecule has 0 saturated heterocycles. The number of methoxy groups -OCH3 is 1. The molecule has 110 valence electrons. The van der Waals surface area contributed by atoms with Gasteiger partial charge in [-0.25, -0.2) is 4.98 Å². The van der Waals surface area contributed by atoms with E-state index in [-0.39, 0.29) is 5.38 Å². The third-order valence-electron chi connectivity index (χ3n) is 3.14. The Hall–Kier alpha value is -1.10. The Balaban J connectivity index is 2.02. The Bertz CT molecular complexity index is 540. The Labute approximate surface area is 124 Å². The molecule has 0 spiro atoms. The van der Waals surface area contributed by atoms with Crippen molar-refractivity contribution in [3.63, 3.8) is 0 Å². The van der Waals surface area contributed by atoms with E-state index in [1.807, 2.05) is 25.1 Å². The number of nitrogens with zero attached hydrogens (tertiary/aromatic N) is 2. The molecule has 0 fully saturated rings. The summed E-state index contributed by atoms with van der Waals surface area (Å²) < 4.78 is 12.6. The predicted octanol–water partition coefficient (Wildman–Crippen LogP) is 3.39. The van der Waals surface area contributed by atoms with Crippen LogP contribution in [-0.2, 0) is 16.0 Å². The van der Waals surface area contributed by atoms with Crippen molar-refractivity contribution in [1.29, 1.82) is 0 Å². The van der Waals surface area contributed by atoms with E-state index in [0.29, 0.717) is 19.8 Å². The molecule has 0 amide bonds. The molecular weight excluding hydrogens is 276 g/mol. The molecule has 0 aliphatic carbocycles. The van der Waals surface area contributed by atoms with Gasteiger partial charge in [0.1, 0.15) is 5.82 Å². The van der Waals surface area contributed by atoms with Crippen LogP contribution in [0.25, 0.3) is 11.0 Å². The van der Waals surface area contributed by atoms with E-state index in [1.165, 1.54) is 0 Å². The van der Waals surface area contributed by atoms with E-state index >= 15 is 0 Å². The fourth-order valence-corrected chi connectivity index (χ4v) is 2.37. The van der Waals surface area contributed by atoms with Crippen LogP contribution in [0.5, 0.6) is 0 Å². The summed E-state index contributed by atoms with van der Waals surface area (Å²) in [6.45, 7) is 4.80. The molecule has 4 nitrogen and oxygen atoms in total. The van der Waals surface area contributed by atoms with Crippen molar-refractivity contribution in [3.8, 4) is 0 Å². The van der Waals surface area contributed by atoms with Crippen LogP contribution in [0.4, 0.5) is 0 Å². The quantitative estimate of drug-likeness (QED) is 0.553. The van der Waals surface area contributed by atoms with Gasteiger partial charge in [-0.3, -0.25) is 0 Å². The van der Waals surface area contributed by atoms with Gasteiger partial charge in [0.25, 0.3) is 0 Å². The Morgan fingerprint density at radius 2 is 2.05 bits per heavy atom. The number of hydrogen-bond acceptors (Lipinski definition) is 3. The lowest BCUT2D eigenvalue weighted by atomic mass is 10.3. The normalized spacial score (nSPS) is 12.9. The lowest BCUT2D eigenvalue weighted by Gasteiger charge is -2.10. The molecule has 2 rings (SSSR count). The van der Waals surface area contributed by atoms with Crippen LogP contribution < -0.4 is 0 Å². The average molecular weight is 297 g/mol. The first-order valence-corrected chi connectivity index (χ1v) is 7.33. The second-order valence-electron chi connectivity index (χ2n) is 4.69. The number of fused-ring (bicyclic) bond motifs is 1. The molecule has 0 bridgehead atoms. The molecule has 2 aromatic rings. The zero-order valence-corrected chi connectivity index (χ0v) is 12.8. The van der Waals surface area contributed by atoms with Crippen molar-refractivity contribution < 1.29 is 9.47 Å². The minimum absolute atomic E-state index is 0.100. The third-order valence-corrected chi connectivity index (χ3v) is 3.34. The van der Waals surface area contributed by atoms with Crippen LogP contribution >= 0.6 is 11.6 Å². The van der Waals surface area contributed by atoms with E-state index < -0.39 is 0 Å². The number of para-hydroxylation sites is 2. The maximum absolute atomic E-state index is 6.23. The fraction of sp³-hybridized carbons (Fsp3) is 0.533. The Morgan fingerprint density at radius 3 is 2.80 bits per heavy atom. The molecular formula is C15H21ClN2O2.